The number of halogens is 1. The van der Waals surface area contributed by atoms with E-state index in [0.717, 1.165) is 5.56 Å². The summed E-state index contributed by atoms with van der Waals surface area (Å²) in [5, 5.41) is 10.1. The summed E-state index contributed by atoms with van der Waals surface area (Å²) in [5.74, 6) is 0.170. The van der Waals surface area contributed by atoms with Gasteiger partial charge in [0.05, 0.1) is 6.07 Å². The molecule has 1 atom stereocenters. The molecule has 1 fully saturated rings. The lowest BCUT2D eigenvalue weighted by atomic mass is 9.94. The number of nitrogens with zero attached hydrogens (tertiary/aromatic N) is 3. The van der Waals surface area contributed by atoms with Gasteiger partial charge in [0.25, 0.3) is 0 Å². The van der Waals surface area contributed by atoms with Gasteiger partial charge < -0.3 is 4.90 Å². The van der Waals surface area contributed by atoms with Crippen molar-refractivity contribution in [3.8, 4) is 6.07 Å². The van der Waals surface area contributed by atoms with Crippen LogP contribution in [0.15, 0.2) is 24.3 Å². The molecule has 0 aromatic heterocycles. The average Bonchev–Trinajstić information content (AvgIpc) is 2.47. The van der Waals surface area contributed by atoms with E-state index in [4.69, 9.17) is 11.6 Å². The van der Waals surface area contributed by atoms with E-state index in [-0.39, 0.29) is 17.4 Å². The minimum Gasteiger partial charge on any atom is -0.340 e. The molecular weight excluding hydrogens is 298 g/mol. The van der Waals surface area contributed by atoms with Gasteiger partial charge in [-0.1, -0.05) is 44.5 Å². The molecular formula is C17H22ClN3O. The van der Waals surface area contributed by atoms with Crippen molar-refractivity contribution in [2.24, 2.45) is 5.41 Å². The molecule has 1 aromatic rings. The molecule has 22 heavy (non-hydrogen) atoms. The maximum absolute atomic E-state index is 12.3. The first-order valence-electron chi connectivity index (χ1n) is 7.51. The Kier molecular flexibility index (Phi) is 5.10. The largest absolute Gasteiger partial charge is 0.340 e. The number of hydrogen-bond acceptors (Lipinski definition) is 3. The lowest BCUT2D eigenvalue weighted by Gasteiger charge is -2.39. The highest BCUT2D eigenvalue weighted by Crippen LogP contribution is 2.25. The molecule has 4 nitrogen and oxygen atoms in total. The van der Waals surface area contributed by atoms with E-state index < -0.39 is 0 Å². The Hall–Kier alpha value is -1.57. The minimum absolute atomic E-state index is 0.170. The lowest BCUT2D eigenvalue weighted by molar-refractivity contribution is -0.141. The maximum Gasteiger partial charge on any atom is 0.228 e. The fourth-order valence-electron chi connectivity index (χ4n) is 2.70. The second-order valence-electron chi connectivity index (χ2n) is 6.66. The van der Waals surface area contributed by atoms with Crippen molar-refractivity contribution in [2.75, 3.05) is 26.2 Å². The summed E-state index contributed by atoms with van der Waals surface area (Å²) < 4.78 is 0. The second-order valence-corrected chi connectivity index (χ2v) is 7.10. The van der Waals surface area contributed by atoms with Crippen LogP contribution in [0.4, 0.5) is 0 Å². The number of rotatable bonds is 2. The van der Waals surface area contributed by atoms with Crippen LogP contribution in [0.2, 0.25) is 5.02 Å². The summed E-state index contributed by atoms with van der Waals surface area (Å²) in [6.07, 6.45) is 0. The molecule has 1 unspecified atom stereocenters. The quantitative estimate of drug-likeness (QED) is 0.841. The van der Waals surface area contributed by atoms with Crippen molar-refractivity contribution < 1.29 is 4.79 Å². The smallest absolute Gasteiger partial charge is 0.228 e. The Balaban J connectivity index is 2.04. The topological polar surface area (TPSA) is 47.3 Å². The minimum atomic E-state index is -0.357. The number of piperazine rings is 1. The summed E-state index contributed by atoms with van der Waals surface area (Å²) in [6, 6.07) is 9.47. The molecule has 1 saturated heterocycles. The lowest BCUT2D eigenvalue weighted by Crippen LogP contribution is -2.52. The van der Waals surface area contributed by atoms with Crippen LogP contribution in [-0.2, 0) is 4.79 Å². The van der Waals surface area contributed by atoms with Crippen molar-refractivity contribution in [3.63, 3.8) is 0 Å². The molecule has 118 valence electrons. The van der Waals surface area contributed by atoms with E-state index in [0.29, 0.717) is 31.2 Å². The highest BCUT2D eigenvalue weighted by atomic mass is 35.5. The van der Waals surface area contributed by atoms with Gasteiger partial charge in [0.15, 0.2) is 0 Å². The van der Waals surface area contributed by atoms with Crippen LogP contribution in [0.25, 0.3) is 0 Å². The molecule has 0 radical (unpaired) electrons. The predicted octanol–water partition coefficient (Wildman–Crippen LogP) is 3.09. The zero-order valence-corrected chi connectivity index (χ0v) is 14.1. The maximum atomic E-state index is 12.3. The van der Waals surface area contributed by atoms with E-state index in [1.807, 2.05) is 43.9 Å². The molecule has 0 bridgehead atoms. The Morgan fingerprint density at radius 2 is 1.91 bits per heavy atom. The van der Waals surface area contributed by atoms with E-state index in [1.165, 1.54) is 0 Å². The fourth-order valence-corrected chi connectivity index (χ4v) is 2.90. The third-order valence-electron chi connectivity index (χ3n) is 3.89. The second kappa shape index (κ2) is 6.68. The van der Waals surface area contributed by atoms with Gasteiger partial charge in [-0.3, -0.25) is 9.69 Å². The number of hydrogen-bond donors (Lipinski definition) is 0. The van der Waals surface area contributed by atoms with Gasteiger partial charge in [-0.15, -0.1) is 0 Å². The van der Waals surface area contributed by atoms with Crippen LogP contribution < -0.4 is 0 Å². The van der Waals surface area contributed by atoms with Crippen molar-refractivity contribution in [1.82, 2.24) is 9.80 Å². The summed E-state index contributed by atoms with van der Waals surface area (Å²) in [4.78, 5) is 16.3. The number of benzene rings is 1. The number of carbonyl (C=O) groups is 1. The first-order chi connectivity index (χ1) is 10.3. The van der Waals surface area contributed by atoms with Crippen molar-refractivity contribution in [1.29, 1.82) is 5.26 Å². The molecule has 0 aliphatic carbocycles. The number of carbonyl (C=O) groups excluding carboxylic acids is 1. The molecule has 0 saturated carbocycles. The number of amides is 1. The Morgan fingerprint density at radius 1 is 1.27 bits per heavy atom. The first kappa shape index (κ1) is 16.8. The van der Waals surface area contributed by atoms with Gasteiger partial charge in [0.1, 0.15) is 6.04 Å². The monoisotopic (exact) mass is 319 g/mol. The average molecular weight is 320 g/mol. The van der Waals surface area contributed by atoms with Crippen LogP contribution in [0, 0.1) is 16.7 Å². The van der Waals surface area contributed by atoms with E-state index in [2.05, 4.69) is 11.0 Å². The summed E-state index contributed by atoms with van der Waals surface area (Å²) in [6.45, 7) is 8.53. The Morgan fingerprint density at radius 3 is 2.41 bits per heavy atom. The van der Waals surface area contributed by atoms with Gasteiger partial charge in [0.2, 0.25) is 5.91 Å². The zero-order chi connectivity index (χ0) is 16.3. The van der Waals surface area contributed by atoms with Crippen LogP contribution >= 0.6 is 11.6 Å². The third-order valence-corrected chi connectivity index (χ3v) is 4.13. The third kappa shape index (κ3) is 3.79. The number of nitriles is 1. The van der Waals surface area contributed by atoms with Crippen molar-refractivity contribution >= 4 is 17.5 Å². The molecule has 0 N–H and O–H groups in total. The molecule has 5 heteroatoms. The van der Waals surface area contributed by atoms with Crippen molar-refractivity contribution in [3.05, 3.63) is 34.9 Å². The summed E-state index contributed by atoms with van der Waals surface area (Å²) in [7, 11) is 0. The van der Waals surface area contributed by atoms with Gasteiger partial charge in [-0.2, -0.15) is 5.26 Å². The summed E-state index contributed by atoms with van der Waals surface area (Å²) >= 11 is 6.02. The van der Waals surface area contributed by atoms with Crippen LogP contribution in [0.1, 0.15) is 32.4 Å². The predicted molar refractivity (Wildman–Crippen MR) is 87.4 cm³/mol. The Bertz CT molecular complexity index is 580. The van der Waals surface area contributed by atoms with Gasteiger partial charge >= 0.3 is 0 Å². The molecule has 1 amide bonds. The van der Waals surface area contributed by atoms with Crippen LogP contribution in [-0.4, -0.2) is 41.9 Å². The molecule has 2 rings (SSSR count). The van der Waals surface area contributed by atoms with Gasteiger partial charge in [-0.25, -0.2) is 0 Å². The zero-order valence-electron chi connectivity index (χ0n) is 13.3. The van der Waals surface area contributed by atoms with E-state index in [9.17, 15) is 10.1 Å². The molecule has 1 aliphatic rings. The normalized spacial score (nSPS) is 17.9. The standard InChI is InChI=1S/C17H22ClN3O/c1-17(2,3)16(22)21-9-7-20(8-10-21)15(12-19)13-5-4-6-14(18)11-13/h4-6,11,15H,7-10H2,1-3H3. The van der Waals surface area contributed by atoms with Crippen LogP contribution in [0.3, 0.4) is 0 Å². The molecule has 1 aliphatic heterocycles. The first-order valence-corrected chi connectivity index (χ1v) is 7.89. The van der Waals surface area contributed by atoms with E-state index in [1.54, 1.807) is 6.07 Å². The highest BCUT2D eigenvalue weighted by Gasteiger charge is 2.31. The molecule has 1 aromatic carbocycles. The van der Waals surface area contributed by atoms with E-state index >= 15 is 0 Å². The van der Waals surface area contributed by atoms with Crippen LogP contribution in [0.5, 0.6) is 0 Å². The fraction of sp³-hybridized carbons (Fsp3) is 0.529. The SMILES string of the molecule is CC(C)(C)C(=O)N1CCN(C(C#N)c2cccc(Cl)c2)CC1. The van der Waals surface area contributed by atoms with Gasteiger partial charge in [0, 0.05) is 36.6 Å². The molecule has 0 spiro atoms. The van der Waals surface area contributed by atoms with Crippen molar-refractivity contribution in [2.45, 2.75) is 26.8 Å². The Labute approximate surface area is 137 Å². The highest BCUT2D eigenvalue weighted by molar-refractivity contribution is 6.30. The van der Waals surface area contributed by atoms with Gasteiger partial charge in [-0.05, 0) is 17.7 Å². The summed E-state index contributed by atoms with van der Waals surface area (Å²) in [5.41, 5.74) is 0.551. The molecule has 1 heterocycles.